The molecule has 2 aromatic heterocycles. The highest BCUT2D eigenvalue weighted by Gasteiger charge is 2.05. The van der Waals surface area contributed by atoms with Crippen molar-refractivity contribution in [3.8, 4) is 0 Å². The van der Waals surface area contributed by atoms with Crippen molar-refractivity contribution in [1.82, 2.24) is 4.98 Å². The third kappa shape index (κ3) is 2.57. The second kappa shape index (κ2) is 4.45. The first-order valence-corrected chi connectivity index (χ1v) is 5.86. The summed E-state index contributed by atoms with van der Waals surface area (Å²) in [4.78, 5) is 5.60. The normalized spacial score (nSPS) is 12.4. The summed E-state index contributed by atoms with van der Waals surface area (Å²) >= 11 is 1.77. The fraction of sp³-hybridized carbons (Fsp3) is 0.250. The lowest BCUT2D eigenvalue weighted by atomic mass is 10.2. The Morgan fingerprint density at radius 3 is 2.80 bits per heavy atom. The van der Waals surface area contributed by atoms with E-state index in [-0.39, 0.29) is 0 Å². The number of nitrogens with one attached hydrogen (secondary N) is 1. The second-order valence-electron chi connectivity index (χ2n) is 3.57. The van der Waals surface area contributed by atoms with Gasteiger partial charge in [-0.2, -0.15) is 0 Å². The van der Waals surface area contributed by atoms with Crippen LogP contribution in [0.25, 0.3) is 0 Å². The van der Waals surface area contributed by atoms with Crippen LogP contribution in [0.1, 0.15) is 23.5 Å². The zero-order chi connectivity index (χ0) is 10.7. The molecular formula is C12H14N2S. The van der Waals surface area contributed by atoms with Gasteiger partial charge in [-0.15, -0.1) is 11.3 Å². The summed E-state index contributed by atoms with van der Waals surface area (Å²) in [6.45, 7) is 4.15. The molecule has 2 heterocycles. The number of hydrogen-bond donors (Lipinski definition) is 1. The Morgan fingerprint density at radius 2 is 2.20 bits per heavy atom. The molecule has 78 valence electrons. The molecule has 0 radical (unpaired) electrons. The largest absolute Gasteiger partial charge is 0.376 e. The van der Waals surface area contributed by atoms with Gasteiger partial charge in [0.05, 0.1) is 17.9 Å². The Labute approximate surface area is 94.0 Å². The Balaban J connectivity index is 2.06. The number of rotatable bonds is 3. The molecule has 0 fully saturated rings. The van der Waals surface area contributed by atoms with Gasteiger partial charge in [-0.3, -0.25) is 4.98 Å². The van der Waals surface area contributed by atoms with Crippen LogP contribution in [0.2, 0.25) is 0 Å². The van der Waals surface area contributed by atoms with Gasteiger partial charge in [0, 0.05) is 10.6 Å². The fourth-order valence-corrected chi connectivity index (χ4v) is 2.15. The number of aromatic nitrogens is 1. The average molecular weight is 218 g/mol. The quantitative estimate of drug-likeness (QED) is 0.851. The van der Waals surface area contributed by atoms with E-state index in [9.17, 15) is 0 Å². The topological polar surface area (TPSA) is 24.9 Å². The number of hydrogen-bond acceptors (Lipinski definition) is 3. The highest BCUT2D eigenvalue weighted by molar-refractivity contribution is 7.10. The van der Waals surface area contributed by atoms with Gasteiger partial charge in [-0.25, -0.2) is 0 Å². The van der Waals surface area contributed by atoms with Crippen molar-refractivity contribution >= 4 is 17.0 Å². The van der Waals surface area contributed by atoms with E-state index in [1.165, 1.54) is 4.88 Å². The van der Waals surface area contributed by atoms with Crippen LogP contribution in [-0.4, -0.2) is 4.98 Å². The smallest absolute Gasteiger partial charge is 0.0578 e. The zero-order valence-electron chi connectivity index (χ0n) is 8.90. The van der Waals surface area contributed by atoms with E-state index in [1.54, 1.807) is 11.3 Å². The molecule has 0 saturated heterocycles. The molecule has 1 atom stereocenters. The lowest BCUT2D eigenvalue weighted by Gasteiger charge is -2.13. The number of nitrogens with zero attached hydrogens (tertiary/aromatic N) is 1. The van der Waals surface area contributed by atoms with E-state index in [2.05, 4.69) is 40.8 Å². The maximum absolute atomic E-state index is 4.25. The van der Waals surface area contributed by atoms with Crippen molar-refractivity contribution in [2.75, 3.05) is 5.32 Å². The number of pyridine rings is 1. The molecule has 3 heteroatoms. The standard InChI is InChI=1S/C12H14N2S/c1-9-5-6-11(8-13-9)14-10(2)12-4-3-7-15-12/h3-8,10,14H,1-2H3/t10-/m1/s1. The van der Waals surface area contributed by atoms with Crippen LogP contribution in [0, 0.1) is 6.92 Å². The lowest BCUT2D eigenvalue weighted by Crippen LogP contribution is -2.04. The van der Waals surface area contributed by atoms with E-state index >= 15 is 0 Å². The van der Waals surface area contributed by atoms with Gasteiger partial charge in [0.1, 0.15) is 0 Å². The molecule has 15 heavy (non-hydrogen) atoms. The highest BCUT2D eigenvalue weighted by Crippen LogP contribution is 2.22. The molecular weight excluding hydrogens is 204 g/mol. The van der Waals surface area contributed by atoms with Gasteiger partial charge in [0.15, 0.2) is 0 Å². The van der Waals surface area contributed by atoms with Crippen molar-refractivity contribution < 1.29 is 0 Å². The van der Waals surface area contributed by atoms with Crippen molar-refractivity contribution in [2.24, 2.45) is 0 Å². The van der Waals surface area contributed by atoms with Crippen LogP contribution in [0.5, 0.6) is 0 Å². The molecule has 0 aliphatic carbocycles. The molecule has 0 aromatic carbocycles. The van der Waals surface area contributed by atoms with Crippen LogP contribution in [0.3, 0.4) is 0 Å². The minimum atomic E-state index is 0.342. The van der Waals surface area contributed by atoms with E-state index in [0.29, 0.717) is 6.04 Å². The highest BCUT2D eigenvalue weighted by atomic mass is 32.1. The van der Waals surface area contributed by atoms with Crippen LogP contribution >= 0.6 is 11.3 Å². The predicted octanol–water partition coefficient (Wildman–Crippen LogP) is 3.62. The Kier molecular flexibility index (Phi) is 3.02. The van der Waals surface area contributed by atoms with E-state index < -0.39 is 0 Å². The summed E-state index contributed by atoms with van der Waals surface area (Å²) in [7, 11) is 0. The summed E-state index contributed by atoms with van der Waals surface area (Å²) in [6.07, 6.45) is 1.87. The molecule has 0 spiro atoms. The molecule has 0 aliphatic heterocycles. The predicted molar refractivity (Wildman–Crippen MR) is 65.3 cm³/mol. The summed E-state index contributed by atoms with van der Waals surface area (Å²) in [5.41, 5.74) is 2.12. The maximum atomic E-state index is 4.25. The third-order valence-electron chi connectivity index (χ3n) is 2.26. The summed E-state index contributed by atoms with van der Waals surface area (Å²) in [6, 6.07) is 8.64. The fourth-order valence-electron chi connectivity index (χ4n) is 1.41. The van der Waals surface area contributed by atoms with Crippen LogP contribution in [0.15, 0.2) is 35.8 Å². The lowest BCUT2D eigenvalue weighted by molar-refractivity contribution is 0.905. The third-order valence-corrected chi connectivity index (χ3v) is 3.32. The monoisotopic (exact) mass is 218 g/mol. The summed E-state index contributed by atoms with van der Waals surface area (Å²) < 4.78 is 0. The minimum absolute atomic E-state index is 0.342. The van der Waals surface area contributed by atoms with Crippen molar-refractivity contribution in [3.63, 3.8) is 0 Å². The van der Waals surface area contributed by atoms with Gasteiger partial charge in [0.25, 0.3) is 0 Å². The molecule has 2 aromatic rings. The van der Waals surface area contributed by atoms with Crippen molar-refractivity contribution in [1.29, 1.82) is 0 Å². The SMILES string of the molecule is Cc1ccc(N[C@H](C)c2cccs2)cn1. The van der Waals surface area contributed by atoms with Gasteiger partial charge in [-0.05, 0) is 37.4 Å². The number of thiophene rings is 1. The molecule has 2 nitrogen and oxygen atoms in total. The van der Waals surface area contributed by atoms with E-state index in [4.69, 9.17) is 0 Å². The molecule has 0 amide bonds. The second-order valence-corrected chi connectivity index (χ2v) is 4.55. The van der Waals surface area contributed by atoms with Crippen molar-refractivity contribution in [3.05, 3.63) is 46.4 Å². The summed E-state index contributed by atoms with van der Waals surface area (Å²) in [5.74, 6) is 0. The van der Waals surface area contributed by atoms with E-state index in [1.807, 2.05) is 19.2 Å². The van der Waals surface area contributed by atoms with E-state index in [0.717, 1.165) is 11.4 Å². The van der Waals surface area contributed by atoms with Crippen molar-refractivity contribution in [2.45, 2.75) is 19.9 Å². The van der Waals surface area contributed by atoms with Gasteiger partial charge >= 0.3 is 0 Å². The summed E-state index contributed by atoms with van der Waals surface area (Å²) in [5, 5.41) is 5.52. The zero-order valence-corrected chi connectivity index (χ0v) is 9.71. The Hall–Kier alpha value is -1.35. The van der Waals surface area contributed by atoms with Gasteiger partial charge in [-0.1, -0.05) is 6.07 Å². The Morgan fingerprint density at radius 1 is 1.33 bits per heavy atom. The van der Waals surface area contributed by atoms with Crippen LogP contribution < -0.4 is 5.32 Å². The maximum Gasteiger partial charge on any atom is 0.0578 e. The first kappa shape index (κ1) is 10.2. The van der Waals surface area contributed by atoms with Crippen LogP contribution in [0.4, 0.5) is 5.69 Å². The molecule has 0 unspecified atom stereocenters. The molecule has 2 rings (SSSR count). The molecule has 0 aliphatic rings. The van der Waals surface area contributed by atoms with Crippen LogP contribution in [-0.2, 0) is 0 Å². The molecule has 0 bridgehead atoms. The number of anilines is 1. The molecule has 0 saturated carbocycles. The Bertz CT molecular complexity index is 406. The minimum Gasteiger partial charge on any atom is -0.376 e. The van der Waals surface area contributed by atoms with Gasteiger partial charge in [0.2, 0.25) is 0 Å². The number of aryl methyl sites for hydroxylation is 1. The first-order valence-electron chi connectivity index (χ1n) is 4.98. The first-order chi connectivity index (χ1) is 7.25. The average Bonchev–Trinajstić information content (AvgIpc) is 2.74. The molecule has 1 N–H and O–H groups in total. The van der Waals surface area contributed by atoms with Gasteiger partial charge < -0.3 is 5.32 Å².